The minimum absolute atomic E-state index is 0.644. The second-order valence-electron chi connectivity index (χ2n) is 2.64. The van der Waals surface area contributed by atoms with Gasteiger partial charge in [-0.2, -0.15) is 5.26 Å². The fraction of sp³-hybridized carbons (Fsp3) is 0.750. The van der Waals surface area contributed by atoms with E-state index in [-0.39, 0.29) is 0 Å². The SMILES string of the molecule is N#CC[CH]C1CCCC1. The Morgan fingerprint density at radius 3 is 2.67 bits per heavy atom. The van der Waals surface area contributed by atoms with Crippen molar-refractivity contribution < 1.29 is 0 Å². The van der Waals surface area contributed by atoms with E-state index >= 15 is 0 Å². The van der Waals surface area contributed by atoms with Gasteiger partial charge in [-0.3, -0.25) is 0 Å². The first kappa shape index (κ1) is 6.61. The summed E-state index contributed by atoms with van der Waals surface area (Å²) >= 11 is 0. The molecule has 0 bridgehead atoms. The zero-order chi connectivity index (χ0) is 6.53. The average molecular weight is 122 g/mol. The second kappa shape index (κ2) is 3.50. The van der Waals surface area contributed by atoms with Crippen LogP contribution in [0.25, 0.3) is 0 Å². The van der Waals surface area contributed by atoms with Crippen molar-refractivity contribution in [3.05, 3.63) is 6.42 Å². The Hall–Kier alpha value is -0.510. The average Bonchev–Trinajstić information content (AvgIpc) is 2.34. The third-order valence-electron chi connectivity index (χ3n) is 1.94. The van der Waals surface area contributed by atoms with Gasteiger partial charge in [0, 0.05) is 6.42 Å². The monoisotopic (exact) mass is 122 g/mol. The lowest BCUT2D eigenvalue weighted by Gasteiger charge is -2.01. The summed E-state index contributed by atoms with van der Waals surface area (Å²) in [6, 6.07) is 2.14. The largest absolute Gasteiger partial charge is 0.198 e. The van der Waals surface area contributed by atoms with Crippen molar-refractivity contribution in [1.82, 2.24) is 0 Å². The highest BCUT2D eigenvalue weighted by Crippen LogP contribution is 2.27. The smallest absolute Gasteiger partial charge is 0.0624 e. The van der Waals surface area contributed by atoms with Gasteiger partial charge in [0.2, 0.25) is 0 Å². The lowest BCUT2D eigenvalue weighted by molar-refractivity contribution is 0.623. The van der Waals surface area contributed by atoms with Gasteiger partial charge in [-0.05, 0) is 12.3 Å². The first-order valence-corrected chi connectivity index (χ1v) is 3.64. The second-order valence-corrected chi connectivity index (χ2v) is 2.64. The molecular weight excluding hydrogens is 110 g/mol. The maximum atomic E-state index is 8.25. The number of nitriles is 1. The normalized spacial score (nSPS) is 19.9. The van der Waals surface area contributed by atoms with Crippen LogP contribution in [0.5, 0.6) is 0 Å². The van der Waals surface area contributed by atoms with Crippen LogP contribution < -0.4 is 0 Å². The molecule has 0 aliphatic heterocycles. The van der Waals surface area contributed by atoms with Crippen LogP contribution in [0.15, 0.2) is 0 Å². The third kappa shape index (κ3) is 2.05. The van der Waals surface area contributed by atoms with Gasteiger partial charge in [0.05, 0.1) is 6.07 Å². The van der Waals surface area contributed by atoms with Crippen LogP contribution in [-0.2, 0) is 0 Å². The summed E-state index contributed by atoms with van der Waals surface area (Å²) in [5.41, 5.74) is 0. The third-order valence-corrected chi connectivity index (χ3v) is 1.94. The van der Waals surface area contributed by atoms with Crippen LogP contribution >= 0.6 is 0 Å². The number of rotatable bonds is 2. The van der Waals surface area contributed by atoms with E-state index in [0.717, 1.165) is 5.92 Å². The predicted molar refractivity (Wildman–Crippen MR) is 36.5 cm³/mol. The zero-order valence-corrected chi connectivity index (χ0v) is 5.64. The van der Waals surface area contributed by atoms with Gasteiger partial charge >= 0.3 is 0 Å². The van der Waals surface area contributed by atoms with Crippen LogP contribution in [-0.4, -0.2) is 0 Å². The summed E-state index contributed by atoms with van der Waals surface area (Å²) in [6.07, 6.45) is 8.18. The Kier molecular flexibility index (Phi) is 2.57. The number of hydrogen-bond acceptors (Lipinski definition) is 1. The molecule has 1 fully saturated rings. The van der Waals surface area contributed by atoms with Crippen molar-refractivity contribution in [2.75, 3.05) is 0 Å². The van der Waals surface area contributed by atoms with E-state index in [1.165, 1.54) is 25.7 Å². The molecule has 0 spiro atoms. The Morgan fingerprint density at radius 2 is 2.11 bits per heavy atom. The van der Waals surface area contributed by atoms with Gasteiger partial charge in [-0.1, -0.05) is 25.7 Å². The van der Waals surface area contributed by atoms with Crippen LogP contribution in [0, 0.1) is 23.7 Å². The van der Waals surface area contributed by atoms with Crippen LogP contribution in [0.1, 0.15) is 32.1 Å². The highest BCUT2D eigenvalue weighted by atomic mass is 14.2. The molecule has 0 atom stereocenters. The van der Waals surface area contributed by atoms with Gasteiger partial charge in [0.15, 0.2) is 0 Å². The molecule has 1 aliphatic rings. The molecule has 49 valence electrons. The molecule has 1 radical (unpaired) electrons. The highest BCUT2D eigenvalue weighted by Gasteiger charge is 2.13. The fourth-order valence-corrected chi connectivity index (χ4v) is 1.41. The van der Waals surface area contributed by atoms with Gasteiger partial charge in [-0.15, -0.1) is 0 Å². The van der Waals surface area contributed by atoms with E-state index in [2.05, 4.69) is 12.5 Å². The first-order valence-electron chi connectivity index (χ1n) is 3.64. The maximum absolute atomic E-state index is 8.25. The van der Waals surface area contributed by atoms with Crippen LogP contribution in [0.2, 0.25) is 0 Å². The van der Waals surface area contributed by atoms with E-state index in [0.29, 0.717) is 6.42 Å². The van der Waals surface area contributed by atoms with Gasteiger partial charge in [0.1, 0.15) is 0 Å². The molecular formula is C8H12N. The van der Waals surface area contributed by atoms with Crippen molar-refractivity contribution in [3.63, 3.8) is 0 Å². The number of nitrogens with zero attached hydrogens (tertiary/aromatic N) is 1. The number of hydrogen-bond donors (Lipinski definition) is 0. The lowest BCUT2D eigenvalue weighted by atomic mass is 10.0. The molecule has 0 heterocycles. The first-order chi connectivity index (χ1) is 4.43. The summed E-state index contributed by atoms with van der Waals surface area (Å²) in [5.74, 6) is 0.768. The van der Waals surface area contributed by atoms with E-state index < -0.39 is 0 Å². The standard InChI is InChI=1S/C8H12N/c9-7-3-6-8-4-1-2-5-8/h6,8H,1-5H2. The topological polar surface area (TPSA) is 23.8 Å². The molecule has 1 heteroatoms. The van der Waals surface area contributed by atoms with Gasteiger partial charge < -0.3 is 0 Å². The summed E-state index contributed by atoms with van der Waals surface area (Å²) < 4.78 is 0. The lowest BCUT2D eigenvalue weighted by Crippen LogP contribution is -1.91. The van der Waals surface area contributed by atoms with Crippen molar-refractivity contribution in [2.24, 2.45) is 5.92 Å². The minimum atomic E-state index is 0.644. The molecule has 1 aliphatic carbocycles. The highest BCUT2D eigenvalue weighted by molar-refractivity contribution is 4.88. The summed E-state index contributed by atoms with van der Waals surface area (Å²) in [6.45, 7) is 0. The van der Waals surface area contributed by atoms with E-state index in [4.69, 9.17) is 5.26 Å². The van der Waals surface area contributed by atoms with E-state index in [9.17, 15) is 0 Å². The molecule has 0 aromatic carbocycles. The summed E-state index contributed by atoms with van der Waals surface area (Å²) in [7, 11) is 0. The Labute approximate surface area is 56.7 Å². The van der Waals surface area contributed by atoms with E-state index in [1.807, 2.05) is 0 Å². The molecule has 0 saturated heterocycles. The van der Waals surface area contributed by atoms with E-state index in [1.54, 1.807) is 0 Å². The molecule has 0 aromatic heterocycles. The van der Waals surface area contributed by atoms with Gasteiger partial charge in [0.25, 0.3) is 0 Å². The van der Waals surface area contributed by atoms with Crippen molar-refractivity contribution in [3.8, 4) is 6.07 Å². The molecule has 1 rings (SSSR count). The van der Waals surface area contributed by atoms with Gasteiger partial charge in [-0.25, -0.2) is 0 Å². The quantitative estimate of drug-likeness (QED) is 0.551. The van der Waals surface area contributed by atoms with Crippen molar-refractivity contribution in [2.45, 2.75) is 32.1 Å². The van der Waals surface area contributed by atoms with Crippen LogP contribution in [0.4, 0.5) is 0 Å². The minimum Gasteiger partial charge on any atom is -0.198 e. The predicted octanol–water partition coefficient (Wildman–Crippen LogP) is 2.29. The Morgan fingerprint density at radius 1 is 1.44 bits per heavy atom. The molecule has 1 saturated carbocycles. The molecule has 0 amide bonds. The molecule has 9 heavy (non-hydrogen) atoms. The summed E-state index contributed by atoms with van der Waals surface area (Å²) in [5, 5.41) is 8.25. The Balaban J connectivity index is 2.06. The van der Waals surface area contributed by atoms with Crippen molar-refractivity contribution >= 4 is 0 Å². The van der Waals surface area contributed by atoms with Crippen molar-refractivity contribution in [1.29, 1.82) is 5.26 Å². The molecule has 0 unspecified atom stereocenters. The zero-order valence-electron chi connectivity index (χ0n) is 5.64. The van der Waals surface area contributed by atoms with Crippen LogP contribution in [0.3, 0.4) is 0 Å². The fourth-order valence-electron chi connectivity index (χ4n) is 1.41. The Bertz CT molecular complexity index is 106. The summed E-state index contributed by atoms with van der Waals surface area (Å²) in [4.78, 5) is 0. The molecule has 1 nitrogen and oxygen atoms in total. The maximum Gasteiger partial charge on any atom is 0.0624 e. The molecule has 0 N–H and O–H groups in total. The molecule has 0 aromatic rings.